The van der Waals surface area contributed by atoms with Crippen LogP contribution < -0.4 is 5.73 Å². The summed E-state index contributed by atoms with van der Waals surface area (Å²) in [7, 11) is 0. The zero-order valence-electron chi connectivity index (χ0n) is 5.53. The smallest absolute Gasteiger partial charge is 0.0912 e. The third kappa shape index (κ3) is 1.04. The van der Waals surface area contributed by atoms with Gasteiger partial charge in [-0.05, 0) is 18.8 Å². The molecule has 1 fully saturated rings. The van der Waals surface area contributed by atoms with Crippen LogP contribution in [-0.4, -0.2) is 8.75 Å². The number of hydrogen-bond acceptors (Lipinski definition) is 4. The number of nitrogens with zero attached hydrogens (tertiary/aromatic N) is 2. The molecule has 0 aliphatic heterocycles. The number of aromatic nitrogens is 2. The normalized spacial score (nSPS) is 20.9. The maximum Gasteiger partial charge on any atom is 0.0912 e. The molecule has 0 radical (unpaired) electrons. The molecule has 2 N–H and O–H groups in total. The fourth-order valence-electron chi connectivity index (χ4n) is 1.02. The van der Waals surface area contributed by atoms with Gasteiger partial charge in [-0.1, -0.05) is 0 Å². The Morgan fingerprint density at radius 3 is 3.00 bits per heavy atom. The monoisotopic (exact) mass is 155 g/mol. The minimum Gasteiger partial charge on any atom is -0.322 e. The molecule has 0 amide bonds. The van der Waals surface area contributed by atoms with Gasteiger partial charge in [0.15, 0.2) is 0 Å². The molecule has 0 spiro atoms. The van der Waals surface area contributed by atoms with Crippen LogP contribution in [0.1, 0.15) is 24.6 Å². The number of hydrogen-bond donors (Lipinski definition) is 1. The zero-order valence-corrected chi connectivity index (χ0v) is 6.34. The van der Waals surface area contributed by atoms with E-state index in [0.717, 1.165) is 5.69 Å². The van der Waals surface area contributed by atoms with Gasteiger partial charge in [-0.25, -0.2) is 0 Å². The molecule has 2 rings (SSSR count). The zero-order chi connectivity index (χ0) is 6.97. The first-order valence-electron chi connectivity index (χ1n) is 3.41. The van der Waals surface area contributed by atoms with Gasteiger partial charge in [0.05, 0.1) is 29.7 Å². The van der Waals surface area contributed by atoms with Crippen molar-refractivity contribution in [2.24, 2.45) is 11.7 Å². The first-order valence-corrected chi connectivity index (χ1v) is 4.14. The molecule has 10 heavy (non-hydrogen) atoms. The summed E-state index contributed by atoms with van der Waals surface area (Å²) in [6.07, 6.45) is 4.30. The molecule has 0 bridgehead atoms. The molecule has 1 heterocycles. The van der Waals surface area contributed by atoms with Crippen molar-refractivity contribution in [1.29, 1.82) is 0 Å². The topological polar surface area (TPSA) is 51.8 Å². The molecule has 0 saturated heterocycles. The Morgan fingerprint density at radius 1 is 1.70 bits per heavy atom. The lowest BCUT2D eigenvalue weighted by molar-refractivity contribution is 0.620. The molecule has 1 aliphatic carbocycles. The third-order valence-corrected chi connectivity index (χ3v) is 2.34. The van der Waals surface area contributed by atoms with E-state index in [1.807, 2.05) is 0 Å². The van der Waals surface area contributed by atoms with Crippen LogP contribution in [0, 0.1) is 5.92 Å². The van der Waals surface area contributed by atoms with Gasteiger partial charge in [0.2, 0.25) is 0 Å². The molecule has 4 heteroatoms. The molecule has 1 unspecified atom stereocenters. The van der Waals surface area contributed by atoms with Crippen molar-refractivity contribution < 1.29 is 0 Å². The van der Waals surface area contributed by atoms with E-state index in [0.29, 0.717) is 5.92 Å². The number of rotatable bonds is 2. The van der Waals surface area contributed by atoms with Crippen LogP contribution in [0.2, 0.25) is 0 Å². The van der Waals surface area contributed by atoms with E-state index in [4.69, 9.17) is 5.73 Å². The lowest BCUT2D eigenvalue weighted by atomic mass is 10.1. The molecule has 1 saturated carbocycles. The van der Waals surface area contributed by atoms with Gasteiger partial charge in [-0.3, -0.25) is 0 Å². The maximum absolute atomic E-state index is 5.85. The quantitative estimate of drug-likeness (QED) is 0.691. The standard InChI is InChI=1S/C6H9N3S/c7-6(4-1-2-4)5-3-8-10-9-5/h3-4,6H,1-2,7H2. The third-order valence-electron chi connectivity index (χ3n) is 1.85. The average molecular weight is 155 g/mol. The van der Waals surface area contributed by atoms with E-state index < -0.39 is 0 Å². The molecule has 0 aromatic carbocycles. The summed E-state index contributed by atoms with van der Waals surface area (Å²) in [5, 5.41) is 0. The van der Waals surface area contributed by atoms with Crippen LogP contribution in [0.3, 0.4) is 0 Å². The van der Waals surface area contributed by atoms with Gasteiger partial charge >= 0.3 is 0 Å². The predicted octanol–water partition coefficient (Wildman–Crippen LogP) is 0.948. The first kappa shape index (κ1) is 6.24. The highest BCUT2D eigenvalue weighted by molar-refractivity contribution is 6.99. The Kier molecular flexibility index (Phi) is 1.43. The minimum atomic E-state index is 0.152. The van der Waals surface area contributed by atoms with E-state index in [1.165, 1.54) is 24.6 Å². The average Bonchev–Trinajstić information content (AvgIpc) is 2.65. The van der Waals surface area contributed by atoms with Gasteiger partial charge in [0, 0.05) is 0 Å². The molecular weight excluding hydrogens is 146 g/mol. The second-order valence-electron chi connectivity index (χ2n) is 2.70. The van der Waals surface area contributed by atoms with Crippen molar-refractivity contribution in [2.75, 3.05) is 0 Å². The van der Waals surface area contributed by atoms with Gasteiger partial charge in [-0.15, -0.1) is 0 Å². The Balaban J connectivity index is 2.11. The van der Waals surface area contributed by atoms with Gasteiger partial charge < -0.3 is 5.73 Å². The van der Waals surface area contributed by atoms with Crippen molar-refractivity contribution >= 4 is 11.7 Å². The van der Waals surface area contributed by atoms with Crippen LogP contribution in [0.5, 0.6) is 0 Å². The van der Waals surface area contributed by atoms with Crippen molar-refractivity contribution in [1.82, 2.24) is 8.75 Å². The van der Waals surface area contributed by atoms with Gasteiger partial charge in [0.1, 0.15) is 0 Å². The summed E-state index contributed by atoms with van der Waals surface area (Å²) in [4.78, 5) is 0. The summed E-state index contributed by atoms with van der Waals surface area (Å²) in [5.41, 5.74) is 6.81. The summed E-state index contributed by atoms with van der Waals surface area (Å²) < 4.78 is 7.99. The highest BCUT2D eigenvalue weighted by atomic mass is 32.1. The van der Waals surface area contributed by atoms with Crippen LogP contribution in [0.4, 0.5) is 0 Å². The van der Waals surface area contributed by atoms with Crippen LogP contribution in [-0.2, 0) is 0 Å². The second kappa shape index (κ2) is 2.29. The molecule has 54 valence electrons. The highest BCUT2D eigenvalue weighted by Gasteiger charge is 2.30. The van der Waals surface area contributed by atoms with E-state index >= 15 is 0 Å². The minimum absolute atomic E-state index is 0.152. The molecular formula is C6H9N3S. The number of nitrogens with two attached hydrogens (primary N) is 1. The fraction of sp³-hybridized carbons (Fsp3) is 0.667. The van der Waals surface area contributed by atoms with E-state index in [2.05, 4.69) is 8.75 Å². The van der Waals surface area contributed by atoms with E-state index in [-0.39, 0.29) is 6.04 Å². The summed E-state index contributed by atoms with van der Waals surface area (Å²) in [6, 6.07) is 0.152. The van der Waals surface area contributed by atoms with Crippen molar-refractivity contribution in [2.45, 2.75) is 18.9 Å². The Labute approximate surface area is 63.6 Å². The molecule has 1 aromatic heterocycles. The molecule has 1 aliphatic rings. The Hall–Kier alpha value is -0.480. The maximum atomic E-state index is 5.85. The second-order valence-corrected chi connectivity index (χ2v) is 3.25. The summed E-state index contributed by atoms with van der Waals surface area (Å²) in [5.74, 6) is 0.684. The van der Waals surface area contributed by atoms with E-state index in [9.17, 15) is 0 Å². The molecule has 1 atom stereocenters. The lowest BCUT2D eigenvalue weighted by Crippen LogP contribution is -2.12. The SMILES string of the molecule is NC(c1cnsn1)C1CC1. The predicted molar refractivity (Wildman–Crippen MR) is 39.6 cm³/mol. The summed E-state index contributed by atoms with van der Waals surface area (Å²) in [6.45, 7) is 0. The van der Waals surface area contributed by atoms with Crippen LogP contribution in [0.15, 0.2) is 6.20 Å². The van der Waals surface area contributed by atoms with Crippen molar-refractivity contribution in [3.05, 3.63) is 11.9 Å². The molecule has 1 aromatic rings. The Morgan fingerprint density at radius 2 is 2.50 bits per heavy atom. The first-order chi connectivity index (χ1) is 4.88. The van der Waals surface area contributed by atoms with Crippen molar-refractivity contribution in [3.63, 3.8) is 0 Å². The summed E-state index contributed by atoms with van der Waals surface area (Å²) >= 11 is 1.23. The lowest BCUT2D eigenvalue weighted by Gasteiger charge is -2.03. The van der Waals surface area contributed by atoms with Crippen LogP contribution >= 0.6 is 11.7 Å². The van der Waals surface area contributed by atoms with Gasteiger partial charge in [-0.2, -0.15) is 8.75 Å². The Bertz CT molecular complexity index is 205. The van der Waals surface area contributed by atoms with Crippen LogP contribution in [0.25, 0.3) is 0 Å². The van der Waals surface area contributed by atoms with Crippen molar-refractivity contribution in [3.8, 4) is 0 Å². The van der Waals surface area contributed by atoms with Gasteiger partial charge in [0.25, 0.3) is 0 Å². The fourth-order valence-corrected chi connectivity index (χ4v) is 1.48. The van der Waals surface area contributed by atoms with E-state index in [1.54, 1.807) is 6.20 Å². The largest absolute Gasteiger partial charge is 0.322 e. The molecule has 3 nitrogen and oxygen atoms in total. The highest BCUT2D eigenvalue weighted by Crippen LogP contribution is 2.38.